The van der Waals surface area contributed by atoms with Gasteiger partial charge in [-0.2, -0.15) is 0 Å². The molecule has 0 aliphatic heterocycles. The summed E-state index contributed by atoms with van der Waals surface area (Å²) in [6.07, 6.45) is 2.54. The number of carbonyl (C=O) groups excluding carboxylic acids is 1. The van der Waals surface area contributed by atoms with Crippen molar-refractivity contribution in [2.24, 2.45) is 5.92 Å². The average Bonchev–Trinajstić information content (AvgIpc) is 2.21. The van der Waals surface area contributed by atoms with E-state index in [-0.39, 0.29) is 12.3 Å². The van der Waals surface area contributed by atoms with Gasteiger partial charge >= 0.3 is 5.97 Å². The van der Waals surface area contributed by atoms with Gasteiger partial charge < -0.3 is 10.0 Å². The van der Waals surface area contributed by atoms with Gasteiger partial charge in [-0.25, -0.2) is 0 Å². The molecule has 0 aromatic carbocycles. The Morgan fingerprint density at radius 2 is 1.80 bits per heavy atom. The zero-order valence-corrected chi connectivity index (χ0v) is 9.82. The van der Waals surface area contributed by atoms with Crippen LogP contribution in [0.2, 0.25) is 0 Å². The molecule has 0 spiro atoms. The summed E-state index contributed by atoms with van der Waals surface area (Å²) >= 11 is 0. The van der Waals surface area contributed by atoms with Gasteiger partial charge in [-0.15, -0.1) is 0 Å². The van der Waals surface area contributed by atoms with E-state index in [0.29, 0.717) is 18.9 Å². The molecule has 4 heteroatoms. The third-order valence-electron chi connectivity index (χ3n) is 2.70. The van der Waals surface area contributed by atoms with Crippen molar-refractivity contribution >= 4 is 11.9 Å². The van der Waals surface area contributed by atoms with Gasteiger partial charge in [0, 0.05) is 20.0 Å². The number of carboxylic acid groups (broad SMARTS) is 1. The van der Waals surface area contributed by atoms with Crippen molar-refractivity contribution in [1.82, 2.24) is 4.90 Å². The number of carboxylic acids is 1. The molecule has 1 N–H and O–H groups in total. The van der Waals surface area contributed by atoms with Gasteiger partial charge in [0.1, 0.15) is 0 Å². The van der Waals surface area contributed by atoms with E-state index in [1.807, 2.05) is 0 Å². The van der Waals surface area contributed by atoms with Gasteiger partial charge in [0.2, 0.25) is 5.91 Å². The van der Waals surface area contributed by atoms with E-state index in [0.717, 1.165) is 12.8 Å². The van der Waals surface area contributed by atoms with Crippen LogP contribution >= 0.6 is 0 Å². The van der Waals surface area contributed by atoms with Crippen molar-refractivity contribution in [3.8, 4) is 0 Å². The second-order valence-electron chi connectivity index (χ2n) is 3.85. The second kappa shape index (κ2) is 7.26. The van der Waals surface area contributed by atoms with Gasteiger partial charge in [0.15, 0.2) is 0 Å². The zero-order valence-electron chi connectivity index (χ0n) is 9.82. The summed E-state index contributed by atoms with van der Waals surface area (Å²) in [5.74, 6) is -0.396. The van der Waals surface area contributed by atoms with E-state index in [1.165, 1.54) is 4.90 Å². The van der Waals surface area contributed by atoms with Gasteiger partial charge in [0.05, 0.1) is 6.42 Å². The fourth-order valence-corrected chi connectivity index (χ4v) is 1.37. The number of hydrogen-bond donors (Lipinski definition) is 1. The largest absolute Gasteiger partial charge is 0.481 e. The highest BCUT2D eigenvalue weighted by molar-refractivity contribution is 5.77. The predicted molar refractivity (Wildman–Crippen MR) is 58.6 cm³/mol. The topological polar surface area (TPSA) is 57.6 Å². The summed E-state index contributed by atoms with van der Waals surface area (Å²) in [5.41, 5.74) is 0. The lowest BCUT2D eigenvalue weighted by atomic mass is 9.99. The zero-order chi connectivity index (χ0) is 11.8. The minimum absolute atomic E-state index is 0.0190. The number of aliphatic carboxylic acids is 1. The summed E-state index contributed by atoms with van der Waals surface area (Å²) in [4.78, 5) is 23.4. The van der Waals surface area contributed by atoms with Crippen molar-refractivity contribution < 1.29 is 14.7 Å². The van der Waals surface area contributed by atoms with Gasteiger partial charge in [-0.05, 0) is 5.92 Å². The van der Waals surface area contributed by atoms with E-state index in [1.54, 1.807) is 7.05 Å². The second-order valence-corrected chi connectivity index (χ2v) is 3.85. The minimum Gasteiger partial charge on any atom is -0.481 e. The van der Waals surface area contributed by atoms with Crippen LogP contribution in [-0.2, 0) is 9.59 Å². The molecular formula is C11H21NO3. The quantitative estimate of drug-likeness (QED) is 0.703. The Bertz CT molecular complexity index is 212. The van der Waals surface area contributed by atoms with Crippen molar-refractivity contribution in [3.05, 3.63) is 0 Å². The molecule has 0 aromatic rings. The van der Waals surface area contributed by atoms with E-state index >= 15 is 0 Å². The summed E-state index contributed by atoms with van der Waals surface area (Å²) in [6.45, 7) is 4.44. The highest BCUT2D eigenvalue weighted by Gasteiger charge is 2.14. The van der Waals surface area contributed by atoms with Crippen LogP contribution in [0, 0.1) is 5.92 Å². The maximum atomic E-state index is 11.6. The van der Waals surface area contributed by atoms with Crippen molar-refractivity contribution in [2.45, 2.75) is 39.5 Å². The molecule has 0 heterocycles. The number of carbonyl (C=O) groups is 2. The van der Waals surface area contributed by atoms with Crippen LogP contribution in [0.25, 0.3) is 0 Å². The Hall–Kier alpha value is -1.06. The molecule has 0 rings (SSSR count). The fraction of sp³-hybridized carbons (Fsp3) is 0.818. The van der Waals surface area contributed by atoms with Crippen molar-refractivity contribution in [3.63, 3.8) is 0 Å². The molecule has 0 fully saturated rings. The average molecular weight is 215 g/mol. The maximum Gasteiger partial charge on any atom is 0.305 e. The molecule has 4 nitrogen and oxygen atoms in total. The number of nitrogens with zero attached hydrogens (tertiary/aromatic N) is 1. The normalized spacial score (nSPS) is 10.4. The summed E-state index contributed by atoms with van der Waals surface area (Å²) in [6, 6.07) is 0. The van der Waals surface area contributed by atoms with E-state index in [2.05, 4.69) is 13.8 Å². The Labute approximate surface area is 91.3 Å². The number of amides is 1. The third-order valence-corrected chi connectivity index (χ3v) is 2.70. The Morgan fingerprint density at radius 3 is 2.20 bits per heavy atom. The van der Waals surface area contributed by atoms with Gasteiger partial charge in [0.25, 0.3) is 0 Å². The molecule has 0 aliphatic carbocycles. The molecule has 0 atom stereocenters. The Balaban J connectivity index is 3.92. The highest BCUT2D eigenvalue weighted by atomic mass is 16.4. The van der Waals surface area contributed by atoms with Crippen LogP contribution in [0.1, 0.15) is 39.5 Å². The fourth-order valence-electron chi connectivity index (χ4n) is 1.37. The Morgan fingerprint density at radius 1 is 1.27 bits per heavy atom. The predicted octanol–water partition coefficient (Wildman–Crippen LogP) is 1.75. The smallest absolute Gasteiger partial charge is 0.305 e. The molecule has 0 aliphatic rings. The lowest BCUT2D eigenvalue weighted by Crippen LogP contribution is -2.30. The standard InChI is InChI=1S/C11H21NO3/c1-4-9(5-2)8-10(13)12(3)7-6-11(14)15/h9H,4-8H2,1-3H3,(H,14,15). The minimum atomic E-state index is -0.864. The Kier molecular flexibility index (Phi) is 6.75. The van der Waals surface area contributed by atoms with E-state index < -0.39 is 5.97 Å². The monoisotopic (exact) mass is 215 g/mol. The van der Waals surface area contributed by atoms with Crippen molar-refractivity contribution in [1.29, 1.82) is 0 Å². The molecule has 0 radical (unpaired) electrons. The molecule has 15 heavy (non-hydrogen) atoms. The van der Waals surface area contributed by atoms with Crippen LogP contribution in [0.3, 0.4) is 0 Å². The molecular weight excluding hydrogens is 194 g/mol. The first-order valence-electron chi connectivity index (χ1n) is 5.46. The van der Waals surface area contributed by atoms with Crippen LogP contribution in [0.4, 0.5) is 0 Å². The van der Waals surface area contributed by atoms with Gasteiger partial charge in [-0.1, -0.05) is 26.7 Å². The van der Waals surface area contributed by atoms with Crippen LogP contribution in [0.5, 0.6) is 0 Å². The molecule has 0 bridgehead atoms. The number of rotatable bonds is 7. The van der Waals surface area contributed by atoms with Crippen molar-refractivity contribution in [2.75, 3.05) is 13.6 Å². The van der Waals surface area contributed by atoms with E-state index in [9.17, 15) is 9.59 Å². The molecule has 0 unspecified atom stereocenters. The van der Waals surface area contributed by atoms with Crippen LogP contribution in [-0.4, -0.2) is 35.5 Å². The lowest BCUT2D eigenvalue weighted by molar-refractivity contribution is -0.138. The molecule has 0 saturated heterocycles. The first-order valence-corrected chi connectivity index (χ1v) is 5.46. The van der Waals surface area contributed by atoms with Crippen LogP contribution in [0.15, 0.2) is 0 Å². The number of hydrogen-bond acceptors (Lipinski definition) is 2. The van der Waals surface area contributed by atoms with E-state index in [4.69, 9.17) is 5.11 Å². The third kappa shape index (κ3) is 6.10. The first kappa shape index (κ1) is 13.9. The highest BCUT2D eigenvalue weighted by Crippen LogP contribution is 2.13. The lowest BCUT2D eigenvalue weighted by Gasteiger charge is -2.19. The molecule has 88 valence electrons. The summed E-state index contributed by atoms with van der Waals surface area (Å²) in [7, 11) is 1.66. The maximum absolute atomic E-state index is 11.6. The summed E-state index contributed by atoms with van der Waals surface area (Å²) < 4.78 is 0. The first-order chi connectivity index (χ1) is 7.01. The summed E-state index contributed by atoms with van der Waals surface area (Å²) in [5, 5.41) is 8.48. The molecule has 0 aromatic heterocycles. The van der Waals surface area contributed by atoms with Crippen LogP contribution < -0.4 is 0 Å². The SMILES string of the molecule is CCC(CC)CC(=O)N(C)CCC(=O)O. The molecule has 1 amide bonds. The van der Waals surface area contributed by atoms with Gasteiger partial charge in [-0.3, -0.25) is 9.59 Å². The molecule has 0 saturated carbocycles.